The van der Waals surface area contributed by atoms with Crippen molar-refractivity contribution < 1.29 is 17.6 Å². The highest BCUT2D eigenvalue weighted by Crippen LogP contribution is 2.22. The van der Waals surface area contributed by atoms with Crippen molar-refractivity contribution in [2.24, 2.45) is 0 Å². The van der Waals surface area contributed by atoms with Gasteiger partial charge >= 0.3 is 0 Å². The maximum atomic E-state index is 13.0. The van der Waals surface area contributed by atoms with Crippen molar-refractivity contribution in [3.05, 3.63) is 42.7 Å². The molecule has 0 fully saturated rings. The summed E-state index contributed by atoms with van der Waals surface area (Å²) >= 11 is 0. The molecule has 1 amide bonds. The minimum absolute atomic E-state index is 0.246. The van der Waals surface area contributed by atoms with Gasteiger partial charge in [0.1, 0.15) is 11.9 Å². The normalized spacial score (nSPS) is 12.5. The number of sulfonamides is 1. The number of benzene rings is 1. The van der Waals surface area contributed by atoms with E-state index >= 15 is 0 Å². The van der Waals surface area contributed by atoms with Crippen molar-refractivity contribution in [2.75, 3.05) is 17.1 Å². The summed E-state index contributed by atoms with van der Waals surface area (Å²) in [5.74, 6) is -0.900. The average Bonchev–Trinajstić information content (AvgIpc) is 2.42. The highest BCUT2D eigenvalue weighted by Gasteiger charge is 2.31. The molecule has 0 unspecified atom stereocenters. The quantitative estimate of drug-likeness (QED) is 0.779. The predicted molar refractivity (Wildman–Crippen MR) is 81.0 cm³/mol. The number of rotatable bonds is 7. The van der Waals surface area contributed by atoms with Gasteiger partial charge in [0.2, 0.25) is 15.9 Å². The van der Waals surface area contributed by atoms with Crippen LogP contribution in [0, 0.1) is 5.82 Å². The second-order valence-electron chi connectivity index (χ2n) is 4.49. The monoisotopic (exact) mass is 314 g/mol. The number of nitrogens with zero attached hydrogens (tertiary/aromatic N) is 1. The molecule has 0 aliphatic carbocycles. The van der Waals surface area contributed by atoms with E-state index in [1.54, 1.807) is 6.92 Å². The molecule has 0 aromatic heterocycles. The minimum atomic E-state index is -3.69. The SMILES string of the molecule is C=CCNC(=O)[C@@H](CC)N(c1ccc(F)cc1)S(C)(=O)=O. The summed E-state index contributed by atoms with van der Waals surface area (Å²) in [5, 5.41) is 2.58. The van der Waals surface area contributed by atoms with Crippen molar-refractivity contribution in [3.8, 4) is 0 Å². The third kappa shape index (κ3) is 4.56. The van der Waals surface area contributed by atoms with Crippen LogP contribution in [0.4, 0.5) is 10.1 Å². The molecular weight excluding hydrogens is 295 g/mol. The molecule has 0 aliphatic rings. The zero-order chi connectivity index (χ0) is 16.0. The van der Waals surface area contributed by atoms with Crippen molar-refractivity contribution in [1.82, 2.24) is 5.32 Å². The molecule has 0 heterocycles. The lowest BCUT2D eigenvalue weighted by Crippen LogP contribution is -2.49. The Bertz CT molecular complexity index is 599. The van der Waals surface area contributed by atoms with Gasteiger partial charge < -0.3 is 5.32 Å². The molecule has 7 heteroatoms. The fourth-order valence-corrected chi connectivity index (χ4v) is 3.15. The fraction of sp³-hybridized carbons (Fsp3) is 0.357. The minimum Gasteiger partial charge on any atom is -0.351 e. The molecule has 21 heavy (non-hydrogen) atoms. The second-order valence-corrected chi connectivity index (χ2v) is 6.35. The van der Waals surface area contributed by atoms with E-state index in [2.05, 4.69) is 11.9 Å². The smallest absolute Gasteiger partial charge is 0.244 e. The Morgan fingerprint density at radius 1 is 1.43 bits per heavy atom. The maximum Gasteiger partial charge on any atom is 0.244 e. The van der Waals surface area contributed by atoms with E-state index in [-0.39, 0.29) is 18.7 Å². The van der Waals surface area contributed by atoms with Crippen molar-refractivity contribution in [1.29, 1.82) is 0 Å². The van der Waals surface area contributed by atoms with Crippen LogP contribution in [0.15, 0.2) is 36.9 Å². The van der Waals surface area contributed by atoms with E-state index in [4.69, 9.17) is 0 Å². The van der Waals surface area contributed by atoms with Crippen LogP contribution in [-0.2, 0) is 14.8 Å². The lowest BCUT2D eigenvalue weighted by Gasteiger charge is -2.30. The number of halogens is 1. The van der Waals surface area contributed by atoms with Crippen LogP contribution in [0.25, 0.3) is 0 Å². The maximum absolute atomic E-state index is 13.0. The molecule has 1 N–H and O–H groups in total. The molecule has 1 aromatic rings. The molecular formula is C14H19FN2O3S. The molecule has 116 valence electrons. The van der Waals surface area contributed by atoms with Crippen LogP contribution in [0.5, 0.6) is 0 Å². The third-order valence-electron chi connectivity index (χ3n) is 2.83. The summed E-state index contributed by atoms with van der Waals surface area (Å²) in [4.78, 5) is 12.1. The van der Waals surface area contributed by atoms with E-state index in [0.29, 0.717) is 0 Å². The Balaban J connectivity index is 3.20. The van der Waals surface area contributed by atoms with Gasteiger partial charge in [0.25, 0.3) is 0 Å². The standard InChI is InChI=1S/C14H19FN2O3S/c1-4-10-16-14(18)13(5-2)17(21(3,19)20)12-8-6-11(15)7-9-12/h4,6-9,13H,1,5,10H2,2-3H3,(H,16,18)/t13-/m1/s1. The molecule has 0 saturated heterocycles. The van der Waals surface area contributed by atoms with Gasteiger partial charge in [-0.25, -0.2) is 12.8 Å². The van der Waals surface area contributed by atoms with Crippen molar-refractivity contribution >= 4 is 21.6 Å². The molecule has 0 saturated carbocycles. The number of hydrogen-bond donors (Lipinski definition) is 1. The number of nitrogens with one attached hydrogen (secondary N) is 1. The number of carbonyl (C=O) groups excluding carboxylic acids is 1. The van der Waals surface area contributed by atoms with Gasteiger partial charge in [-0.3, -0.25) is 9.10 Å². The molecule has 1 atom stereocenters. The number of carbonyl (C=O) groups is 1. The van der Waals surface area contributed by atoms with Crippen LogP contribution < -0.4 is 9.62 Å². The van der Waals surface area contributed by atoms with E-state index in [1.807, 2.05) is 0 Å². The highest BCUT2D eigenvalue weighted by atomic mass is 32.2. The van der Waals surface area contributed by atoms with E-state index in [0.717, 1.165) is 22.7 Å². The molecule has 0 radical (unpaired) electrons. The zero-order valence-corrected chi connectivity index (χ0v) is 12.9. The van der Waals surface area contributed by atoms with Crippen molar-refractivity contribution in [2.45, 2.75) is 19.4 Å². The summed E-state index contributed by atoms with van der Waals surface area (Å²) < 4.78 is 38.1. The Hall–Kier alpha value is -1.89. The average molecular weight is 314 g/mol. The summed E-state index contributed by atoms with van der Waals surface area (Å²) in [6, 6.07) is 4.08. The zero-order valence-electron chi connectivity index (χ0n) is 12.0. The van der Waals surface area contributed by atoms with Crippen LogP contribution in [0.2, 0.25) is 0 Å². The first-order valence-electron chi connectivity index (χ1n) is 6.44. The van der Waals surface area contributed by atoms with Gasteiger partial charge in [-0.2, -0.15) is 0 Å². The Morgan fingerprint density at radius 3 is 2.43 bits per heavy atom. The summed E-state index contributed by atoms with van der Waals surface area (Å²) in [7, 11) is -3.69. The first-order valence-corrected chi connectivity index (χ1v) is 8.29. The number of anilines is 1. The topological polar surface area (TPSA) is 66.5 Å². The van der Waals surface area contributed by atoms with Gasteiger partial charge in [-0.15, -0.1) is 6.58 Å². The Labute approximate surface area is 124 Å². The van der Waals surface area contributed by atoms with Crippen LogP contribution in [0.1, 0.15) is 13.3 Å². The third-order valence-corrected chi connectivity index (χ3v) is 4.01. The van der Waals surface area contributed by atoms with E-state index in [9.17, 15) is 17.6 Å². The number of hydrogen-bond acceptors (Lipinski definition) is 3. The van der Waals surface area contributed by atoms with Gasteiger partial charge in [0, 0.05) is 6.54 Å². The summed E-state index contributed by atoms with van der Waals surface area (Å²) in [5.41, 5.74) is 0.250. The first kappa shape index (κ1) is 17.2. The van der Waals surface area contributed by atoms with Gasteiger partial charge in [-0.1, -0.05) is 13.0 Å². The molecule has 1 rings (SSSR count). The van der Waals surface area contributed by atoms with Crippen LogP contribution in [-0.4, -0.2) is 33.2 Å². The molecule has 1 aromatic carbocycles. The van der Waals surface area contributed by atoms with Crippen LogP contribution >= 0.6 is 0 Å². The summed E-state index contributed by atoms with van der Waals surface area (Å²) in [6.07, 6.45) is 2.81. The molecule has 0 bridgehead atoms. The Kier molecular flexibility index (Phi) is 5.90. The lowest BCUT2D eigenvalue weighted by atomic mass is 10.2. The Morgan fingerprint density at radius 2 is 2.00 bits per heavy atom. The van der Waals surface area contributed by atoms with Gasteiger partial charge in [0.15, 0.2) is 0 Å². The van der Waals surface area contributed by atoms with Crippen LogP contribution in [0.3, 0.4) is 0 Å². The van der Waals surface area contributed by atoms with E-state index < -0.39 is 27.8 Å². The van der Waals surface area contributed by atoms with Crippen molar-refractivity contribution in [3.63, 3.8) is 0 Å². The predicted octanol–water partition coefficient (Wildman–Crippen LogP) is 1.67. The highest BCUT2D eigenvalue weighted by molar-refractivity contribution is 7.92. The van der Waals surface area contributed by atoms with E-state index in [1.165, 1.54) is 18.2 Å². The fourth-order valence-electron chi connectivity index (χ4n) is 1.94. The second kappa shape index (κ2) is 7.21. The van der Waals surface area contributed by atoms with Gasteiger partial charge in [-0.05, 0) is 30.7 Å². The molecule has 0 spiro atoms. The summed E-state index contributed by atoms with van der Waals surface area (Å²) in [6.45, 7) is 5.45. The lowest BCUT2D eigenvalue weighted by molar-refractivity contribution is -0.122. The molecule has 0 aliphatic heterocycles. The van der Waals surface area contributed by atoms with Gasteiger partial charge in [0.05, 0.1) is 11.9 Å². The number of amides is 1. The first-order chi connectivity index (χ1) is 9.81. The largest absolute Gasteiger partial charge is 0.351 e. The molecule has 5 nitrogen and oxygen atoms in total.